The van der Waals surface area contributed by atoms with Gasteiger partial charge in [0.05, 0.1) is 6.04 Å². The maximum Gasteiger partial charge on any atom is 0.239 e. The molecular formula is C12H19Cl2N3O. The Balaban J connectivity index is 0.00000144. The summed E-state index contributed by atoms with van der Waals surface area (Å²) in [6, 6.07) is 3.38. The van der Waals surface area contributed by atoms with Crippen molar-refractivity contribution in [3.05, 3.63) is 30.1 Å². The quantitative estimate of drug-likeness (QED) is 0.916. The summed E-state index contributed by atoms with van der Waals surface area (Å²) in [5, 5.41) is 0. The normalized spacial score (nSPS) is 15.5. The largest absolute Gasteiger partial charge is 0.341 e. The first kappa shape index (κ1) is 17.2. The van der Waals surface area contributed by atoms with Gasteiger partial charge >= 0.3 is 0 Å². The van der Waals surface area contributed by atoms with Gasteiger partial charge in [-0.3, -0.25) is 9.78 Å². The number of hydrogen-bond acceptors (Lipinski definition) is 3. The topological polar surface area (TPSA) is 59.2 Å². The second kappa shape index (κ2) is 8.29. The summed E-state index contributed by atoms with van der Waals surface area (Å²) in [6.07, 6.45) is 6.25. The molecule has 1 aliphatic rings. The molecule has 1 unspecified atom stereocenters. The molecule has 0 saturated carbocycles. The van der Waals surface area contributed by atoms with Gasteiger partial charge in [0.15, 0.2) is 0 Å². The van der Waals surface area contributed by atoms with Gasteiger partial charge in [0.1, 0.15) is 0 Å². The lowest BCUT2D eigenvalue weighted by atomic mass is 10.1. The SMILES string of the molecule is Cl.Cl.NC(Cc1ccncc1)C(=O)N1CCCC1. The number of carbonyl (C=O) groups excluding carboxylic acids is 1. The van der Waals surface area contributed by atoms with Gasteiger partial charge in [-0.15, -0.1) is 24.8 Å². The summed E-state index contributed by atoms with van der Waals surface area (Å²) >= 11 is 0. The molecule has 1 atom stereocenters. The second-order valence-corrected chi connectivity index (χ2v) is 4.20. The summed E-state index contributed by atoms with van der Waals surface area (Å²) in [5.74, 6) is 0.0781. The molecule has 0 aliphatic carbocycles. The van der Waals surface area contributed by atoms with Crippen LogP contribution >= 0.6 is 24.8 Å². The molecule has 1 aromatic heterocycles. The Morgan fingerprint density at radius 1 is 1.28 bits per heavy atom. The van der Waals surface area contributed by atoms with Crippen LogP contribution in [-0.2, 0) is 11.2 Å². The molecule has 6 heteroatoms. The molecule has 1 aliphatic heterocycles. The van der Waals surface area contributed by atoms with Crippen LogP contribution in [0.25, 0.3) is 0 Å². The Morgan fingerprint density at radius 3 is 2.39 bits per heavy atom. The Labute approximate surface area is 120 Å². The molecule has 1 saturated heterocycles. The van der Waals surface area contributed by atoms with Crippen molar-refractivity contribution in [1.82, 2.24) is 9.88 Å². The van der Waals surface area contributed by atoms with E-state index in [2.05, 4.69) is 4.98 Å². The first-order valence-electron chi connectivity index (χ1n) is 5.70. The van der Waals surface area contributed by atoms with Crippen LogP contribution in [0.4, 0.5) is 0 Å². The molecule has 0 spiro atoms. The Hall–Kier alpha value is -0.840. The summed E-state index contributed by atoms with van der Waals surface area (Å²) < 4.78 is 0. The number of likely N-dealkylation sites (tertiary alicyclic amines) is 1. The lowest BCUT2D eigenvalue weighted by Crippen LogP contribution is -2.43. The van der Waals surface area contributed by atoms with Crippen molar-refractivity contribution in [3.8, 4) is 0 Å². The number of pyridine rings is 1. The maximum absolute atomic E-state index is 11.9. The zero-order valence-corrected chi connectivity index (χ0v) is 11.8. The van der Waals surface area contributed by atoms with Gasteiger partial charge in [-0.2, -0.15) is 0 Å². The third-order valence-electron chi connectivity index (χ3n) is 2.94. The minimum atomic E-state index is -0.416. The summed E-state index contributed by atoms with van der Waals surface area (Å²) in [6.45, 7) is 1.73. The van der Waals surface area contributed by atoms with Crippen LogP contribution in [0.1, 0.15) is 18.4 Å². The second-order valence-electron chi connectivity index (χ2n) is 4.20. The minimum absolute atomic E-state index is 0. The highest BCUT2D eigenvalue weighted by atomic mass is 35.5. The molecule has 2 heterocycles. The molecule has 0 aromatic carbocycles. The predicted molar refractivity (Wildman–Crippen MR) is 76.2 cm³/mol. The smallest absolute Gasteiger partial charge is 0.239 e. The third-order valence-corrected chi connectivity index (χ3v) is 2.94. The van der Waals surface area contributed by atoms with Gasteiger partial charge in [0.25, 0.3) is 0 Å². The Bertz CT molecular complexity index is 356. The molecule has 2 N–H and O–H groups in total. The number of rotatable bonds is 3. The number of aromatic nitrogens is 1. The molecule has 18 heavy (non-hydrogen) atoms. The average Bonchev–Trinajstić information content (AvgIpc) is 2.83. The molecule has 4 nitrogen and oxygen atoms in total. The molecular weight excluding hydrogens is 273 g/mol. The Kier molecular flexibility index (Phi) is 7.91. The molecule has 0 radical (unpaired) electrons. The van der Waals surface area contributed by atoms with E-state index in [0.29, 0.717) is 6.42 Å². The van der Waals surface area contributed by atoms with Crippen LogP contribution < -0.4 is 5.73 Å². The maximum atomic E-state index is 11.9. The number of amides is 1. The van der Waals surface area contributed by atoms with Crippen LogP contribution in [0, 0.1) is 0 Å². The lowest BCUT2D eigenvalue weighted by molar-refractivity contribution is -0.131. The van der Waals surface area contributed by atoms with Gasteiger partial charge in [-0.1, -0.05) is 0 Å². The molecule has 102 valence electrons. The summed E-state index contributed by atoms with van der Waals surface area (Å²) in [5.41, 5.74) is 6.98. The van der Waals surface area contributed by atoms with Crippen LogP contribution in [-0.4, -0.2) is 34.9 Å². The van der Waals surface area contributed by atoms with E-state index in [0.717, 1.165) is 31.5 Å². The van der Waals surface area contributed by atoms with E-state index in [9.17, 15) is 4.79 Å². The van der Waals surface area contributed by atoms with Gasteiger partial charge in [-0.25, -0.2) is 0 Å². The highest BCUT2D eigenvalue weighted by molar-refractivity contribution is 5.85. The van der Waals surface area contributed by atoms with Crippen molar-refractivity contribution in [2.24, 2.45) is 5.73 Å². The van der Waals surface area contributed by atoms with Crippen molar-refractivity contribution < 1.29 is 4.79 Å². The van der Waals surface area contributed by atoms with Crippen LogP contribution in [0.5, 0.6) is 0 Å². The molecule has 2 rings (SSSR count). The van der Waals surface area contributed by atoms with E-state index in [-0.39, 0.29) is 30.7 Å². The van der Waals surface area contributed by atoms with Crippen LogP contribution in [0.15, 0.2) is 24.5 Å². The molecule has 1 aromatic rings. The zero-order valence-electron chi connectivity index (χ0n) is 10.1. The van der Waals surface area contributed by atoms with Crippen molar-refractivity contribution in [3.63, 3.8) is 0 Å². The minimum Gasteiger partial charge on any atom is -0.341 e. The van der Waals surface area contributed by atoms with E-state index in [1.54, 1.807) is 12.4 Å². The van der Waals surface area contributed by atoms with E-state index in [4.69, 9.17) is 5.73 Å². The summed E-state index contributed by atoms with van der Waals surface area (Å²) in [4.78, 5) is 17.7. The number of hydrogen-bond donors (Lipinski definition) is 1. The fraction of sp³-hybridized carbons (Fsp3) is 0.500. The average molecular weight is 292 g/mol. The molecule has 1 amide bonds. The fourth-order valence-electron chi connectivity index (χ4n) is 2.03. The monoisotopic (exact) mass is 291 g/mol. The highest BCUT2D eigenvalue weighted by Gasteiger charge is 2.23. The first-order valence-corrected chi connectivity index (χ1v) is 5.70. The van der Waals surface area contributed by atoms with Crippen molar-refractivity contribution >= 4 is 30.7 Å². The predicted octanol–water partition coefficient (Wildman–Crippen LogP) is 1.42. The zero-order chi connectivity index (χ0) is 11.4. The van der Waals surface area contributed by atoms with E-state index in [1.807, 2.05) is 17.0 Å². The third kappa shape index (κ3) is 4.44. The van der Waals surface area contributed by atoms with E-state index in [1.165, 1.54) is 0 Å². The lowest BCUT2D eigenvalue weighted by Gasteiger charge is -2.20. The van der Waals surface area contributed by atoms with Crippen LogP contribution in [0.3, 0.4) is 0 Å². The van der Waals surface area contributed by atoms with Crippen LogP contribution in [0.2, 0.25) is 0 Å². The van der Waals surface area contributed by atoms with Crippen molar-refractivity contribution in [1.29, 1.82) is 0 Å². The molecule has 0 bridgehead atoms. The fourth-order valence-corrected chi connectivity index (χ4v) is 2.03. The van der Waals surface area contributed by atoms with Gasteiger partial charge in [-0.05, 0) is 37.0 Å². The summed E-state index contributed by atoms with van der Waals surface area (Å²) in [7, 11) is 0. The Morgan fingerprint density at radius 2 is 1.83 bits per heavy atom. The number of carbonyl (C=O) groups is 1. The first-order chi connectivity index (χ1) is 7.77. The number of nitrogens with two attached hydrogens (primary N) is 1. The van der Waals surface area contributed by atoms with E-state index < -0.39 is 6.04 Å². The van der Waals surface area contributed by atoms with Gasteiger partial charge in [0, 0.05) is 25.5 Å². The molecule has 1 fully saturated rings. The standard InChI is InChI=1S/C12H17N3O.2ClH/c13-11(9-10-3-5-14-6-4-10)12(16)15-7-1-2-8-15;;/h3-6,11H,1-2,7-9,13H2;2*1H. The van der Waals surface area contributed by atoms with Gasteiger partial charge in [0.2, 0.25) is 5.91 Å². The van der Waals surface area contributed by atoms with E-state index >= 15 is 0 Å². The number of nitrogens with zero attached hydrogens (tertiary/aromatic N) is 2. The number of halogens is 2. The highest BCUT2D eigenvalue weighted by Crippen LogP contribution is 2.10. The van der Waals surface area contributed by atoms with Crippen molar-refractivity contribution in [2.45, 2.75) is 25.3 Å². The van der Waals surface area contributed by atoms with Gasteiger partial charge < -0.3 is 10.6 Å². The van der Waals surface area contributed by atoms with Crippen molar-refractivity contribution in [2.75, 3.05) is 13.1 Å².